The molecule has 1 aliphatic heterocycles. The van der Waals surface area contributed by atoms with Crippen molar-refractivity contribution in [2.24, 2.45) is 0 Å². The van der Waals surface area contributed by atoms with E-state index in [0.717, 1.165) is 93.2 Å². The van der Waals surface area contributed by atoms with Crippen molar-refractivity contribution in [3.05, 3.63) is 87.0 Å². The first-order valence-corrected chi connectivity index (χ1v) is 13.7. The van der Waals surface area contributed by atoms with E-state index in [1.807, 2.05) is 0 Å². The molecule has 0 radical (unpaired) electrons. The number of unbranched alkanes of at least 4 members (excludes halogenated alkanes) is 1. The van der Waals surface area contributed by atoms with E-state index in [-0.39, 0.29) is 16.5 Å². The largest absolute Gasteiger partial charge is 0.493 e. The van der Waals surface area contributed by atoms with Crippen LogP contribution in [-0.4, -0.2) is 4.70 Å². The zero-order valence-corrected chi connectivity index (χ0v) is 23.5. The van der Waals surface area contributed by atoms with Crippen molar-refractivity contribution < 1.29 is 21.2 Å². The fourth-order valence-corrected chi connectivity index (χ4v) is 5.16. The molecular formula is C32H44N2Ni. The van der Waals surface area contributed by atoms with Gasteiger partial charge in [-0.25, -0.2) is 4.70 Å². The summed E-state index contributed by atoms with van der Waals surface area (Å²) in [4.78, 5) is 0. The second-order valence-electron chi connectivity index (χ2n) is 9.90. The molecule has 1 heterocycles. The summed E-state index contributed by atoms with van der Waals surface area (Å²) in [6.07, 6.45) is 14.3. The first-order valence-electron chi connectivity index (χ1n) is 13.7. The van der Waals surface area contributed by atoms with E-state index < -0.39 is 0 Å². The van der Waals surface area contributed by atoms with E-state index in [2.05, 4.69) is 77.1 Å². The molecule has 2 aromatic carbocycles. The number of benzene rings is 2. The molecule has 3 heteroatoms. The minimum Gasteiger partial charge on any atom is -0.493 e. The molecule has 1 aliphatic rings. The average Bonchev–Trinajstić information content (AvgIpc) is 3.14. The van der Waals surface area contributed by atoms with E-state index in [1.54, 1.807) is 0 Å². The maximum absolute atomic E-state index is 11.6. The van der Waals surface area contributed by atoms with Crippen molar-refractivity contribution in [1.29, 1.82) is 0 Å². The Kier molecular flexibility index (Phi) is 12.2. The molecule has 0 saturated carbocycles. The summed E-state index contributed by atoms with van der Waals surface area (Å²) in [6.45, 7) is 11.2. The molecule has 0 amide bonds. The van der Waals surface area contributed by atoms with Crippen LogP contribution in [0.15, 0.2) is 48.0 Å². The van der Waals surface area contributed by atoms with Gasteiger partial charge >= 0.3 is 0 Å². The molecule has 0 spiro atoms. The normalized spacial score (nSPS) is 13.3. The molecule has 0 saturated heterocycles. The summed E-state index contributed by atoms with van der Waals surface area (Å²) in [5.41, 5.74) is 22.6. The zero-order valence-electron chi connectivity index (χ0n) is 22.5. The Morgan fingerprint density at radius 1 is 0.571 bits per heavy atom. The molecule has 0 bridgehead atoms. The van der Waals surface area contributed by atoms with Crippen LogP contribution >= 0.6 is 0 Å². The topological polar surface area (TPSA) is 25.3 Å². The number of nitrogens with zero attached hydrogens (tertiary/aromatic N) is 2. The Hall–Kier alpha value is -1.99. The van der Waals surface area contributed by atoms with Gasteiger partial charge in [0, 0.05) is 39.3 Å². The van der Waals surface area contributed by atoms with Crippen LogP contribution in [0.3, 0.4) is 0 Å². The van der Waals surface area contributed by atoms with Gasteiger partial charge in [-0.05, 0) is 85.0 Å². The molecule has 35 heavy (non-hydrogen) atoms. The Bertz CT molecular complexity index is 1010. The smallest absolute Gasteiger partial charge is 0.210 e. The minimum atomic E-state index is 0. The second kappa shape index (κ2) is 14.5. The van der Waals surface area contributed by atoms with E-state index in [0.29, 0.717) is 0 Å². The van der Waals surface area contributed by atoms with Gasteiger partial charge in [-0.1, -0.05) is 78.9 Å². The van der Waals surface area contributed by atoms with Crippen LogP contribution in [0.5, 0.6) is 0 Å². The van der Waals surface area contributed by atoms with Crippen LogP contribution < -0.4 is 0 Å². The summed E-state index contributed by atoms with van der Waals surface area (Å²) >= 11 is 0. The molecule has 0 aliphatic carbocycles. The molecule has 192 valence electrons. The summed E-state index contributed by atoms with van der Waals surface area (Å²) in [7, 11) is 0. The van der Waals surface area contributed by atoms with Crippen LogP contribution in [0.25, 0.3) is 16.9 Å². The molecule has 2 nitrogen and oxygen atoms in total. The Morgan fingerprint density at radius 2 is 1.00 bits per heavy atom. The molecule has 0 unspecified atom stereocenters. The third-order valence-electron chi connectivity index (χ3n) is 6.68. The first kappa shape index (κ1) is 29.2. The molecule has 2 aromatic rings. The van der Waals surface area contributed by atoms with Crippen LogP contribution in [0, 0.1) is 0 Å². The quantitative estimate of drug-likeness (QED) is 0.188. The maximum Gasteiger partial charge on any atom is 0.210 e. The Morgan fingerprint density at radius 3 is 1.40 bits per heavy atom. The number of allylic oxidation sites excluding steroid dienone is 2. The Labute approximate surface area is 224 Å². The molecule has 0 fully saturated rings. The van der Waals surface area contributed by atoms with Crippen LogP contribution in [0.4, 0.5) is 0 Å². The molecular weight excluding hydrogens is 471 g/mol. The Balaban J connectivity index is 0.00000432. The molecule has 3 rings (SSSR count). The van der Waals surface area contributed by atoms with Crippen molar-refractivity contribution in [2.45, 2.75) is 105 Å². The van der Waals surface area contributed by atoms with Crippen LogP contribution in [0.2, 0.25) is 0 Å². The van der Waals surface area contributed by atoms with Crippen LogP contribution in [-0.2, 0) is 42.2 Å². The van der Waals surface area contributed by atoms with Crippen molar-refractivity contribution in [3.63, 3.8) is 0 Å². The van der Waals surface area contributed by atoms with Gasteiger partial charge in [-0.2, -0.15) is 0 Å². The zero-order chi connectivity index (χ0) is 24.5. The molecule has 0 N–H and O–H groups in total. The van der Waals surface area contributed by atoms with Crippen molar-refractivity contribution in [2.75, 3.05) is 0 Å². The third-order valence-corrected chi connectivity index (χ3v) is 6.68. The van der Waals surface area contributed by atoms with E-state index in [1.165, 1.54) is 32.5 Å². The van der Waals surface area contributed by atoms with Gasteiger partial charge in [0.1, 0.15) is 0 Å². The van der Waals surface area contributed by atoms with Gasteiger partial charge in [-0.3, -0.25) is 0 Å². The number of aryl methyl sites for hydroxylation is 4. The van der Waals surface area contributed by atoms with Gasteiger partial charge in [0.25, 0.3) is 0 Å². The van der Waals surface area contributed by atoms with Gasteiger partial charge in [-0.15, -0.1) is 0 Å². The van der Waals surface area contributed by atoms with E-state index in [9.17, 15) is 5.53 Å². The first-order chi connectivity index (χ1) is 16.5. The van der Waals surface area contributed by atoms with Crippen molar-refractivity contribution >= 4 is 11.4 Å². The average molecular weight is 515 g/mol. The van der Waals surface area contributed by atoms with Gasteiger partial charge in [0.2, 0.25) is 11.4 Å². The monoisotopic (exact) mass is 514 g/mol. The number of rotatable bonds is 13. The maximum atomic E-state index is 11.6. The number of hydrogen-bond acceptors (Lipinski definition) is 0. The molecule has 0 aromatic heterocycles. The summed E-state index contributed by atoms with van der Waals surface area (Å²) in [5.74, 6) is 0. The summed E-state index contributed by atoms with van der Waals surface area (Å²) < 4.78 is 1.49. The molecule has 0 atom stereocenters. The van der Waals surface area contributed by atoms with Gasteiger partial charge < -0.3 is 5.53 Å². The predicted octanol–water partition coefficient (Wildman–Crippen LogP) is 9.48. The fourth-order valence-electron chi connectivity index (χ4n) is 5.16. The summed E-state index contributed by atoms with van der Waals surface area (Å²) in [6, 6.07) is 13.9. The standard InChI is InChI=1S/C32H44N2.Ni/c1-6-11-16-28-23-31(29-19-24(12-7-2)17-25(20-29)13-8-3)34(33)32(28)30-21-26(14-9-4)18-27(22-30)15-10-5;/h17-23H,6-16H2,1-5H3;. The van der Waals surface area contributed by atoms with Gasteiger partial charge in [0.15, 0.2) is 0 Å². The second-order valence-corrected chi connectivity index (χ2v) is 9.90. The van der Waals surface area contributed by atoms with Crippen LogP contribution in [0.1, 0.15) is 113 Å². The van der Waals surface area contributed by atoms with E-state index in [4.69, 9.17) is 0 Å². The van der Waals surface area contributed by atoms with Gasteiger partial charge in [0.05, 0.1) is 0 Å². The van der Waals surface area contributed by atoms with E-state index >= 15 is 0 Å². The SMILES string of the molecule is CCCCC1=C(c2cc(CCC)cc(CCC)c2)[N+](=[N-])C(c2cc(CCC)cc(CCC)c2)=C1.[Ni]. The fraction of sp³-hybridized carbons (Fsp3) is 0.500. The number of hydrogen-bond donors (Lipinski definition) is 0. The minimum absolute atomic E-state index is 0. The predicted molar refractivity (Wildman–Crippen MR) is 147 cm³/mol. The third kappa shape index (κ3) is 7.50. The van der Waals surface area contributed by atoms with Crippen molar-refractivity contribution in [3.8, 4) is 0 Å². The summed E-state index contributed by atoms with van der Waals surface area (Å²) in [5, 5.41) is 0. The van der Waals surface area contributed by atoms with Crippen molar-refractivity contribution in [1.82, 2.24) is 0 Å².